The molecular weight excluding hydrogens is 304 g/mol. The second-order valence-corrected chi connectivity index (χ2v) is 6.75. The molecule has 0 aliphatic rings. The largest absolute Gasteiger partial charge is 0.395 e. The Morgan fingerprint density at radius 2 is 1.96 bits per heavy atom. The van der Waals surface area contributed by atoms with Gasteiger partial charge in [-0.3, -0.25) is 0 Å². The lowest BCUT2D eigenvalue weighted by molar-refractivity contribution is 0.302. The zero-order valence-electron chi connectivity index (χ0n) is 14.5. The van der Waals surface area contributed by atoms with Gasteiger partial charge in [0, 0.05) is 24.0 Å². The maximum atomic E-state index is 9.27. The third-order valence-electron chi connectivity index (χ3n) is 3.80. The SMILES string of the molecule is CCCN(CCO)c1nc(C(=C(C)C)c2ccccc2C)cs1. The summed E-state index contributed by atoms with van der Waals surface area (Å²) in [6, 6.07) is 8.45. The van der Waals surface area contributed by atoms with Crippen LogP contribution in [0.15, 0.2) is 35.2 Å². The van der Waals surface area contributed by atoms with Gasteiger partial charge in [0.25, 0.3) is 0 Å². The summed E-state index contributed by atoms with van der Waals surface area (Å²) in [6.45, 7) is 10.3. The quantitative estimate of drug-likeness (QED) is 0.812. The van der Waals surface area contributed by atoms with Gasteiger partial charge in [0.1, 0.15) is 0 Å². The van der Waals surface area contributed by atoms with Crippen molar-refractivity contribution >= 4 is 22.0 Å². The summed E-state index contributed by atoms with van der Waals surface area (Å²) in [6.07, 6.45) is 1.04. The van der Waals surface area contributed by atoms with E-state index in [0.717, 1.165) is 23.8 Å². The Hall–Kier alpha value is -1.65. The van der Waals surface area contributed by atoms with Crippen molar-refractivity contribution in [1.82, 2.24) is 4.98 Å². The Morgan fingerprint density at radius 3 is 2.57 bits per heavy atom. The molecular formula is C19H26N2OS. The molecule has 1 N–H and O–H groups in total. The molecule has 1 aromatic heterocycles. The van der Waals surface area contributed by atoms with Gasteiger partial charge < -0.3 is 10.0 Å². The molecule has 1 heterocycles. The van der Waals surface area contributed by atoms with E-state index in [-0.39, 0.29) is 6.61 Å². The molecule has 0 bridgehead atoms. The number of nitrogens with zero attached hydrogens (tertiary/aromatic N) is 2. The Kier molecular flexibility index (Phi) is 6.37. The minimum atomic E-state index is 0.155. The number of aliphatic hydroxyl groups is 1. The number of benzene rings is 1. The Morgan fingerprint density at radius 1 is 1.22 bits per heavy atom. The zero-order chi connectivity index (χ0) is 16.8. The van der Waals surface area contributed by atoms with Gasteiger partial charge in [-0.2, -0.15) is 0 Å². The van der Waals surface area contributed by atoms with E-state index in [1.54, 1.807) is 11.3 Å². The fourth-order valence-electron chi connectivity index (χ4n) is 2.73. The van der Waals surface area contributed by atoms with Crippen LogP contribution in [0.25, 0.3) is 5.57 Å². The maximum absolute atomic E-state index is 9.27. The molecule has 0 aliphatic heterocycles. The normalized spacial score (nSPS) is 10.7. The minimum absolute atomic E-state index is 0.155. The van der Waals surface area contributed by atoms with Crippen molar-refractivity contribution in [1.29, 1.82) is 0 Å². The number of hydrogen-bond acceptors (Lipinski definition) is 4. The first-order valence-electron chi connectivity index (χ1n) is 8.13. The number of aliphatic hydroxyl groups excluding tert-OH is 1. The third kappa shape index (κ3) is 4.21. The van der Waals surface area contributed by atoms with E-state index in [1.165, 1.54) is 22.3 Å². The first-order valence-corrected chi connectivity index (χ1v) is 9.01. The summed E-state index contributed by atoms with van der Waals surface area (Å²) in [4.78, 5) is 7.02. The van der Waals surface area contributed by atoms with Crippen LogP contribution in [0.5, 0.6) is 0 Å². The first kappa shape index (κ1) is 17.7. The molecule has 0 saturated heterocycles. The van der Waals surface area contributed by atoms with Gasteiger partial charge in [0.2, 0.25) is 0 Å². The van der Waals surface area contributed by atoms with Crippen molar-refractivity contribution in [3.05, 3.63) is 52.0 Å². The van der Waals surface area contributed by atoms with Crippen molar-refractivity contribution in [2.45, 2.75) is 34.1 Å². The van der Waals surface area contributed by atoms with Crippen molar-refractivity contribution in [3.8, 4) is 0 Å². The molecule has 0 radical (unpaired) electrons. The fourth-order valence-corrected chi connectivity index (χ4v) is 3.61. The topological polar surface area (TPSA) is 36.4 Å². The van der Waals surface area contributed by atoms with Crippen LogP contribution in [0, 0.1) is 6.92 Å². The summed E-state index contributed by atoms with van der Waals surface area (Å²) in [5, 5.41) is 12.4. The second-order valence-electron chi connectivity index (χ2n) is 5.92. The number of aromatic nitrogens is 1. The van der Waals surface area contributed by atoms with Crippen LogP contribution in [-0.4, -0.2) is 29.8 Å². The van der Waals surface area contributed by atoms with E-state index in [4.69, 9.17) is 4.98 Å². The molecule has 0 saturated carbocycles. The summed E-state index contributed by atoms with van der Waals surface area (Å²) >= 11 is 1.65. The Bertz CT molecular complexity index is 666. The van der Waals surface area contributed by atoms with E-state index in [9.17, 15) is 5.11 Å². The molecule has 124 valence electrons. The van der Waals surface area contributed by atoms with Crippen molar-refractivity contribution in [2.75, 3.05) is 24.6 Å². The number of anilines is 1. The van der Waals surface area contributed by atoms with Gasteiger partial charge in [0.15, 0.2) is 5.13 Å². The van der Waals surface area contributed by atoms with Crippen LogP contribution >= 0.6 is 11.3 Å². The smallest absolute Gasteiger partial charge is 0.185 e. The lowest BCUT2D eigenvalue weighted by atomic mass is 9.95. The lowest BCUT2D eigenvalue weighted by Crippen LogP contribution is -2.27. The van der Waals surface area contributed by atoms with Crippen molar-refractivity contribution in [2.24, 2.45) is 0 Å². The lowest BCUT2D eigenvalue weighted by Gasteiger charge is -2.19. The van der Waals surface area contributed by atoms with E-state index in [1.807, 2.05) is 0 Å². The average molecular weight is 330 g/mol. The van der Waals surface area contributed by atoms with Crippen LogP contribution in [0.2, 0.25) is 0 Å². The summed E-state index contributed by atoms with van der Waals surface area (Å²) in [7, 11) is 0. The highest BCUT2D eigenvalue weighted by Gasteiger charge is 2.15. The van der Waals surface area contributed by atoms with Gasteiger partial charge in [0.05, 0.1) is 12.3 Å². The molecule has 0 amide bonds. The molecule has 4 heteroatoms. The first-order chi connectivity index (χ1) is 11.1. The van der Waals surface area contributed by atoms with Crippen LogP contribution in [0.3, 0.4) is 0 Å². The maximum Gasteiger partial charge on any atom is 0.185 e. The molecule has 0 fully saturated rings. The number of aryl methyl sites for hydroxylation is 1. The molecule has 2 aromatic rings. The predicted octanol–water partition coefficient (Wildman–Crippen LogP) is 4.50. The van der Waals surface area contributed by atoms with Gasteiger partial charge >= 0.3 is 0 Å². The number of hydrogen-bond donors (Lipinski definition) is 1. The molecule has 0 unspecified atom stereocenters. The zero-order valence-corrected chi connectivity index (χ0v) is 15.3. The summed E-state index contributed by atoms with van der Waals surface area (Å²) in [5.74, 6) is 0. The molecule has 0 atom stereocenters. The van der Waals surface area contributed by atoms with Crippen LogP contribution in [-0.2, 0) is 0 Å². The van der Waals surface area contributed by atoms with Crippen molar-refractivity contribution < 1.29 is 5.11 Å². The van der Waals surface area contributed by atoms with Crippen LogP contribution in [0.1, 0.15) is 44.0 Å². The van der Waals surface area contributed by atoms with E-state index < -0.39 is 0 Å². The van der Waals surface area contributed by atoms with Gasteiger partial charge in [-0.1, -0.05) is 36.8 Å². The van der Waals surface area contributed by atoms with Crippen LogP contribution in [0.4, 0.5) is 5.13 Å². The summed E-state index contributed by atoms with van der Waals surface area (Å²) in [5.41, 5.74) is 6.01. The number of thiazole rings is 1. The fraction of sp³-hybridized carbons (Fsp3) is 0.421. The molecule has 0 aliphatic carbocycles. The molecule has 1 aromatic carbocycles. The van der Waals surface area contributed by atoms with Crippen LogP contribution < -0.4 is 4.90 Å². The van der Waals surface area contributed by atoms with Gasteiger partial charge in [-0.15, -0.1) is 11.3 Å². The molecule has 23 heavy (non-hydrogen) atoms. The van der Waals surface area contributed by atoms with Gasteiger partial charge in [-0.25, -0.2) is 4.98 Å². The molecule has 2 rings (SSSR count). The van der Waals surface area contributed by atoms with Gasteiger partial charge in [-0.05, 0) is 38.3 Å². The molecule has 3 nitrogen and oxygen atoms in total. The predicted molar refractivity (Wildman–Crippen MR) is 100 cm³/mol. The molecule has 0 spiro atoms. The average Bonchev–Trinajstić information content (AvgIpc) is 2.98. The second kappa shape index (κ2) is 8.27. The van der Waals surface area contributed by atoms with E-state index >= 15 is 0 Å². The minimum Gasteiger partial charge on any atom is -0.395 e. The number of allylic oxidation sites excluding steroid dienone is 1. The number of rotatable bonds is 7. The Labute approximate surface area is 143 Å². The third-order valence-corrected chi connectivity index (χ3v) is 4.70. The Balaban J connectivity index is 2.40. The highest BCUT2D eigenvalue weighted by molar-refractivity contribution is 7.13. The monoisotopic (exact) mass is 330 g/mol. The van der Waals surface area contributed by atoms with E-state index in [0.29, 0.717) is 6.54 Å². The highest BCUT2D eigenvalue weighted by Crippen LogP contribution is 2.32. The highest BCUT2D eigenvalue weighted by atomic mass is 32.1. The van der Waals surface area contributed by atoms with Crippen molar-refractivity contribution in [3.63, 3.8) is 0 Å². The van der Waals surface area contributed by atoms with E-state index in [2.05, 4.69) is 62.2 Å². The summed E-state index contributed by atoms with van der Waals surface area (Å²) < 4.78 is 0. The standard InChI is InChI=1S/C19H26N2OS/c1-5-10-21(11-12-22)19-20-17(13-23-19)18(14(2)3)16-9-7-6-8-15(16)4/h6-9,13,22H,5,10-12H2,1-4H3.